The van der Waals surface area contributed by atoms with Crippen LogP contribution in [0.1, 0.15) is 6.92 Å². The zero-order valence-electron chi connectivity index (χ0n) is 8.05. The van der Waals surface area contributed by atoms with Gasteiger partial charge in [-0.2, -0.15) is 0 Å². The van der Waals surface area contributed by atoms with Crippen LogP contribution in [0.4, 0.5) is 0 Å². The highest BCUT2D eigenvalue weighted by Crippen LogP contribution is 2.32. The highest BCUT2D eigenvalue weighted by molar-refractivity contribution is 5.33. The molecular formula is C10H17NO. The molecule has 68 valence electrons. The maximum absolute atomic E-state index is 5.22. The fourth-order valence-electron chi connectivity index (χ4n) is 1.66. The summed E-state index contributed by atoms with van der Waals surface area (Å²) in [6, 6.07) is 0. The molecule has 0 bridgehead atoms. The van der Waals surface area contributed by atoms with Gasteiger partial charge in [0, 0.05) is 19.1 Å². The molecule has 0 saturated heterocycles. The summed E-state index contributed by atoms with van der Waals surface area (Å²) < 4.78 is 5.22. The molecule has 1 aliphatic rings. The molecule has 0 heterocycles. The molecule has 0 radical (unpaired) electrons. The van der Waals surface area contributed by atoms with Gasteiger partial charge >= 0.3 is 0 Å². The summed E-state index contributed by atoms with van der Waals surface area (Å²) in [4.78, 5) is 0. The molecular weight excluding hydrogens is 150 g/mol. The smallest absolute Gasteiger partial charge is 0.0603 e. The molecule has 0 spiro atoms. The predicted octanol–water partition coefficient (Wildman–Crippen LogP) is 1.35. The Bertz CT molecular complexity index is 200. The summed E-state index contributed by atoms with van der Waals surface area (Å²) in [7, 11) is 3.72. The average Bonchev–Trinajstić information content (AvgIpc) is 2.35. The predicted molar refractivity (Wildman–Crippen MR) is 51.1 cm³/mol. The molecule has 0 fully saturated rings. The largest absolute Gasteiger partial charge is 0.383 e. The second kappa shape index (κ2) is 3.87. The van der Waals surface area contributed by atoms with E-state index in [1.807, 2.05) is 7.05 Å². The van der Waals surface area contributed by atoms with Gasteiger partial charge < -0.3 is 10.1 Å². The van der Waals surface area contributed by atoms with Crippen molar-refractivity contribution in [2.45, 2.75) is 6.92 Å². The second-order valence-electron chi connectivity index (χ2n) is 3.33. The van der Waals surface area contributed by atoms with E-state index in [1.165, 1.54) is 5.57 Å². The Balaban J connectivity index is 2.72. The number of hydrogen-bond acceptors (Lipinski definition) is 2. The van der Waals surface area contributed by atoms with Crippen LogP contribution in [-0.4, -0.2) is 27.3 Å². The van der Waals surface area contributed by atoms with Gasteiger partial charge in [-0.1, -0.05) is 23.8 Å². The van der Waals surface area contributed by atoms with Crippen molar-refractivity contribution in [2.24, 2.45) is 5.41 Å². The number of methoxy groups -OCH3 is 1. The van der Waals surface area contributed by atoms with Crippen LogP contribution in [0, 0.1) is 5.41 Å². The van der Waals surface area contributed by atoms with Gasteiger partial charge in [0.25, 0.3) is 0 Å². The summed E-state index contributed by atoms with van der Waals surface area (Å²) in [5.74, 6) is 0. The van der Waals surface area contributed by atoms with Crippen LogP contribution >= 0.6 is 0 Å². The Morgan fingerprint density at radius 1 is 1.58 bits per heavy atom. The third-order valence-electron chi connectivity index (χ3n) is 2.44. The molecule has 0 aromatic heterocycles. The monoisotopic (exact) mass is 167 g/mol. The summed E-state index contributed by atoms with van der Waals surface area (Å²) in [5, 5.41) is 3.19. The molecule has 1 rings (SSSR count). The SMILES string of the molecule is CNCC1(COC)C=CC=C1C. The fourth-order valence-corrected chi connectivity index (χ4v) is 1.66. The highest BCUT2D eigenvalue weighted by atomic mass is 16.5. The summed E-state index contributed by atoms with van der Waals surface area (Å²) >= 11 is 0. The molecule has 2 heteroatoms. The summed E-state index contributed by atoms with van der Waals surface area (Å²) in [6.07, 6.45) is 6.46. The molecule has 0 amide bonds. The van der Waals surface area contributed by atoms with Crippen molar-refractivity contribution in [3.05, 3.63) is 23.8 Å². The van der Waals surface area contributed by atoms with Crippen molar-refractivity contribution in [3.63, 3.8) is 0 Å². The van der Waals surface area contributed by atoms with E-state index in [-0.39, 0.29) is 5.41 Å². The Morgan fingerprint density at radius 3 is 2.75 bits per heavy atom. The number of nitrogens with one attached hydrogen (secondary N) is 1. The van der Waals surface area contributed by atoms with E-state index in [2.05, 4.69) is 30.5 Å². The average molecular weight is 167 g/mol. The van der Waals surface area contributed by atoms with Crippen molar-refractivity contribution in [3.8, 4) is 0 Å². The molecule has 0 aliphatic heterocycles. The van der Waals surface area contributed by atoms with Gasteiger partial charge in [-0.3, -0.25) is 0 Å². The maximum Gasteiger partial charge on any atom is 0.0603 e. The first kappa shape index (κ1) is 9.49. The van der Waals surface area contributed by atoms with Crippen LogP contribution in [0.2, 0.25) is 0 Å². The minimum Gasteiger partial charge on any atom is -0.383 e. The highest BCUT2D eigenvalue weighted by Gasteiger charge is 2.30. The normalized spacial score (nSPS) is 27.8. The van der Waals surface area contributed by atoms with Gasteiger partial charge in [0.15, 0.2) is 0 Å². The minimum atomic E-state index is 0.101. The van der Waals surface area contributed by atoms with Gasteiger partial charge in [-0.05, 0) is 14.0 Å². The molecule has 1 aliphatic carbocycles. The first-order chi connectivity index (χ1) is 5.75. The lowest BCUT2D eigenvalue weighted by Crippen LogP contribution is -2.34. The maximum atomic E-state index is 5.22. The summed E-state index contributed by atoms with van der Waals surface area (Å²) in [5.41, 5.74) is 1.47. The van der Waals surface area contributed by atoms with E-state index in [0.29, 0.717) is 0 Å². The second-order valence-corrected chi connectivity index (χ2v) is 3.33. The fraction of sp³-hybridized carbons (Fsp3) is 0.600. The third kappa shape index (κ3) is 1.59. The Morgan fingerprint density at radius 2 is 2.33 bits per heavy atom. The lowest BCUT2D eigenvalue weighted by atomic mass is 9.84. The van der Waals surface area contributed by atoms with Gasteiger partial charge in [0.05, 0.1) is 6.61 Å². The van der Waals surface area contributed by atoms with Crippen molar-refractivity contribution in [1.82, 2.24) is 5.32 Å². The Labute approximate surface area is 74.3 Å². The molecule has 0 saturated carbocycles. The van der Waals surface area contributed by atoms with Crippen LogP contribution < -0.4 is 5.32 Å². The van der Waals surface area contributed by atoms with Crippen LogP contribution in [0.25, 0.3) is 0 Å². The van der Waals surface area contributed by atoms with Crippen molar-refractivity contribution >= 4 is 0 Å². The molecule has 1 atom stereocenters. The topological polar surface area (TPSA) is 21.3 Å². The van der Waals surface area contributed by atoms with E-state index in [4.69, 9.17) is 4.74 Å². The van der Waals surface area contributed by atoms with Gasteiger partial charge in [-0.25, -0.2) is 0 Å². The van der Waals surface area contributed by atoms with Gasteiger partial charge in [0.2, 0.25) is 0 Å². The van der Waals surface area contributed by atoms with E-state index in [9.17, 15) is 0 Å². The molecule has 2 nitrogen and oxygen atoms in total. The number of rotatable bonds is 4. The first-order valence-corrected chi connectivity index (χ1v) is 4.25. The molecule has 12 heavy (non-hydrogen) atoms. The molecule has 1 unspecified atom stereocenters. The quantitative estimate of drug-likeness (QED) is 0.682. The van der Waals surface area contributed by atoms with Crippen molar-refractivity contribution in [2.75, 3.05) is 27.3 Å². The van der Waals surface area contributed by atoms with Crippen LogP contribution in [0.5, 0.6) is 0 Å². The van der Waals surface area contributed by atoms with Crippen molar-refractivity contribution in [1.29, 1.82) is 0 Å². The number of allylic oxidation sites excluding steroid dienone is 2. The van der Waals surface area contributed by atoms with Gasteiger partial charge in [0.1, 0.15) is 0 Å². The Kier molecular flexibility index (Phi) is 3.06. The standard InChI is InChI=1S/C10H17NO/c1-9-5-4-6-10(9,7-11-2)8-12-3/h4-6,11H,7-8H2,1-3H3. The van der Waals surface area contributed by atoms with Crippen LogP contribution in [-0.2, 0) is 4.74 Å². The molecule has 0 aromatic rings. The summed E-state index contributed by atoms with van der Waals surface area (Å²) in [6.45, 7) is 3.85. The minimum absolute atomic E-state index is 0.101. The molecule has 1 N–H and O–H groups in total. The number of ether oxygens (including phenoxy) is 1. The van der Waals surface area contributed by atoms with Crippen molar-refractivity contribution < 1.29 is 4.74 Å². The lowest BCUT2D eigenvalue weighted by Gasteiger charge is -2.28. The zero-order valence-corrected chi connectivity index (χ0v) is 8.05. The van der Waals surface area contributed by atoms with E-state index in [0.717, 1.165) is 13.2 Å². The zero-order chi connectivity index (χ0) is 9.03. The van der Waals surface area contributed by atoms with Crippen LogP contribution in [0.3, 0.4) is 0 Å². The Hall–Kier alpha value is -0.600. The van der Waals surface area contributed by atoms with E-state index in [1.54, 1.807) is 7.11 Å². The first-order valence-electron chi connectivity index (χ1n) is 4.25. The molecule has 0 aromatic carbocycles. The van der Waals surface area contributed by atoms with E-state index < -0.39 is 0 Å². The van der Waals surface area contributed by atoms with Crippen LogP contribution in [0.15, 0.2) is 23.8 Å². The number of hydrogen-bond donors (Lipinski definition) is 1. The van der Waals surface area contributed by atoms with Gasteiger partial charge in [-0.15, -0.1) is 0 Å². The van der Waals surface area contributed by atoms with E-state index >= 15 is 0 Å². The third-order valence-corrected chi connectivity index (χ3v) is 2.44. The lowest BCUT2D eigenvalue weighted by molar-refractivity contribution is 0.133.